The first-order valence-electron chi connectivity index (χ1n) is 9.69. The summed E-state index contributed by atoms with van der Waals surface area (Å²) in [4.78, 5) is 14.8. The minimum Gasteiger partial charge on any atom is -0.337 e. The molecule has 2 aliphatic heterocycles. The second-order valence-corrected chi connectivity index (χ2v) is 9.82. The fourth-order valence-corrected chi connectivity index (χ4v) is 6.35. The minimum absolute atomic E-state index is 0.121. The van der Waals surface area contributed by atoms with E-state index in [1.807, 2.05) is 45.2 Å². The maximum absolute atomic E-state index is 13.4. The van der Waals surface area contributed by atoms with Crippen molar-refractivity contribution in [1.82, 2.24) is 14.7 Å². The number of rotatable bonds is 3. The molecule has 28 heavy (non-hydrogen) atoms. The zero-order valence-electron chi connectivity index (χ0n) is 16.6. The van der Waals surface area contributed by atoms with Crippen LogP contribution in [0.25, 0.3) is 0 Å². The summed E-state index contributed by atoms with van der Waals surface area (Å²) < 4.78 is 30.0. The van der Waals surface area contributed by atoms with Crippen LogP contribution < -0.4 is 4.31 Å². The summed E-state index contributed by atoms with van der Waals surface area (Å²) in [6, 6.07) is 7.66. The Balaban J connectivity index is 1.58. The lowest BCUT2D eigenvalue weighted by molar-refractivity contribution is 0.0725. The third-order valence-electron chi connectivity index (χ3n) is 5.96. The van der Waals surface area contributed by atoms with Gasteiger partial charge >= 0.3 is 0 Å². The van der Waals surface area contributed by atoms with Gasteiger partial charge in [-0.15, -0.1) is 0 Å². The molecule has 2 aliphatic rings. The molecule has 0 aliphatic carbocycles. The van der Waals surface area contributed by atoms with Crippen LogP contribution in [0, 0.1) is 13.8 Å². The predicted molar refractivity (Wildman–Crippen MR) is 108 cm³/mol. The predicted octanol–water partition coefficient (Wildman–Crippen LogP) is 2.03. The normalized spacial score (nSPS) is 19.8. The van der Waals surface area contributed by atoms with Crippen LogP contribution in [0.4, 0.5) is 5.69 Å². The van der Waals surface area contributed by atoms with E-state index in [0.717, 1.165) is 23.4 Å². The Morgan fingerprint density at radius 2 is 1.93 bits per heavy atom. The van der Waals surface area contributed by atoms with Gasteiger partial charge in [0.1, 0.15) is 0 Å². The monoisotopic (exact) mass is 402 g/mol. The smallest absolute Gasteiger partial charge is 0.257 e. The number of likely N-dealkylation sites (tertiary alicyclic amines) is 1. The average Bonchev–Trinajstić information content (AvgIpc) is 3.22. The molecule has 0 saturated carbocycles. The highest BCUT2D eigenvalue weighted by molar-refractivity contribution is 7.93. The highest BCUT2D eigenvalue weighted by Crippen LogP contribution is 2.33. The largest absolute Gasteiger partial charge is 0.337 e. The summed E-state index contributed by atoms with van der Waals surface area (Å²) in [5.41, 5.74) is 3.93. The Morgan fingerprint density at radius 1 is 1.18 bits per heavy atom. The van der Waals surface area contributed by atoms with Gasteiger partial charge in [-0.25, -0.2) is 8.42 Å². The molecule has 0 bridgehead atoms. The van der Waals surface area contributed by atoms with E-state index in [9.17, 15) is 13.2 Å². The molecular formula is C20H26N4O3S. The molecule has 3 heterocycles. The van der Waals surface area contributed by atoms with Gasteiger partial charge in [0.05, 0.1) is 22.2 Å². The summed E-state index contributed by atoms with van der Waals surface area (Å²) >= 11 is 0. The molecule has 1 aromatic heterocycles. The van der Waals surface area contributed by atoms with Gasteiger partial charge in [0.2, 0.25) is 10.0 Å². The number of amides is 1. The standard InChI is InChI=1S/C20H26N4O3S/c1-14-19(15(2)22(3)21-14)20(25)23-11-6-8-17(13-23)28(26,27)24-12-10-16-7-4-5-9-18(16)24/h4-5,7,9,17H,6,8,10-13H2,1-3H3. The lowest BCUT2D eigenvalue weighted by Gasteiger charge is -2.35. The van der Waals surface area contributed by atoms with Gasteiger partial charge in [-0.05, 0) is 44.7 Å². The van der Waals surface area contributed by atoms with Crippen molar-refractivity contribution >= 4 is 21.6 Å². The van der Waals surface area contributed by atoms with E-state index in [1.54, 1.807) is 13.9 Å². The van der Waals surface area contributed by atoms with Gasteiger partial charge in [-0.2, -0.15) is 5.10 Å². The minimum atomic E-state index is -3.52. The number of carbonyl (C=O) groups is 1. The summed E-state index contributed by atoms with van der Waals surface area (Å²) in [5, 5.41) is 3.75. The molecule has 0 radical (unpaired) electrons. The number of sulfonamides is 1. The van der Waals surface area contributed by atoms with Crippen molar-refractivity contribution in [2.45, 2.75) is 38.4 Å². The van der Waals surface area contributed by atoms with E-state index in [4.69, 9.17) is 0 Å². The number of anilines is 1. The summed E-state index contributed by atoms with van der Waals surface area (Å²) in [7, 11) is -1.71. The van der Waals surface area contributed by atoms with Gasteiger partial charge in [0.25, 0.3) is 5.91 Å². The molecule has 1 amide bonds. The summed E-state index contributed by atoms with van der Waals surface area (Å²) in [6.07, 6.45) is 2.00. The van der Waals surface area contributed by atoms with Crippen LogP contribution in [0.3, 0.4) is 0 Å². The maximum Gasteiger partial charge on any atom is 0.257 e. The van der Waals surface area contributed by atoms with Crippen molar-refractivity contribution in [1.29, 1.82) is 0 Å². The number of hydrogen-bond donors (Lipinski definition) is 0. The van der Waals surface area contributed by atoms with Gasteiger partial charge < -0.3 is 4.90 Å². The van der Waals surface area contributed by atoms with Crippen molar-refractivity contribution in [3.05, 3.63) is 46.8 Å². The van der Waals surface area contributed by atoms with E-state index < -0.39 is 15.3 Å². The average molecular weight is 403 g/mol. The number of hydrogen-bond acceptors (Lipinski definition) is 4. The molecule has 7 nitrogen and oxygen atoms in total. The molecule has 1 aromatic carbocycles. The molecular weight excluding hydrogens is 376 g/mol. The number of para-hydroxylation sites is 1. The molecule has 1 fully saturated rings. The van der Waals surface area contributed by atoms with Crippen molar-refractivity contribution in [2.24, 2.45) is 7.05 Å². The maximum atomic E-state index is 13.4. The van der Waals surface area contributed by atoms with E-state index in [1.165, 1.54) is 0 Å². The van der Waals surface area contributed by atoms with E-state index in [0.29, 0.717) is 37.2 Å². The molecule has 8 heteroatoms. The fourth-order valence-electron chi connectivity index (χ4n) is 4.36. The van der Waals surface area contributed by atoms with Crippen LogP contribution in [0.15, 0.2) is 24.3 Å². The molecule has 1 saturated heterocycles. The molecule has 0 N–H and O–H groups in total. The van der Waals surface area contributed by atoms with E-state index in [2.05, 4.69) is 5.10 Å². The second-order valence-electron chi connectivity index (χ2n) is 7.68. The highest BCUT2D eigenvalue weighted by atomic mass is 32.2. The Kier molecular flexibility index (Phi) is 4.69. The Bertz CT molecular complexity index is 1030. The molecule has 150 valence electrons. The lowest BCUT2D eigenvalue weighted by atomic mass is 10.1. The quantitative estimate of drug-likeness (QED) is 0.787. The Labute approximate surface area is 166 Å². The lowest BCUT2D eigenvalue weighted by Crippen LogP contribution is -2.49. The van der Waals surface area contributed by atoms with Crippen LogP contribution in [0.5, 0.6) is 0 Å². The van der Waals surface area contributed by atoms with Crippen molar-refractivity contribution < 1.29 is 13.2 Å². The first kappa shape index (κ1) is 19.0. The third-order valence-corrected chi connectivity index (χ3v) is 8.18. The molecule has 1 unspecified atom stereocenters. The summed E-state index contributed by atoms with van der Waals surface area (Å²) in [5.74, 6) is -0.121. The van der Waals surface area contributed by atoms with Crippen LogP contribution in [-0.2, 0) is 23.5 Å². The van der Waals surface area contributed by atoms with Crippen LogP contribution in [-0.4, -0.2) is 53.9 Å². The van der Waals surface area contributed by atoms with Crippen molar-refractivity contribution in [2.75, 3.05) is 23.9 Å². The molecule has 0 spiro atoms. The molecule has 1 atom stereocenters. The fraction of sp³-hybridized carbons (Fsp3) is 0.500. The van der Waals surface area contributed by atoms with Crippen molar-refractivity contribution in [3.63, 3.8) is 0 Å². The van der Waals surface area contributed by atoms with E-state index >= 15 is 0 Å². The number of piperidine rings is 1. The number of aromatic nitrogens is 2. The molecule has 4 rings (SSSR count). The Hall–Kier alpha value is -2.35. The SMILES string of the molecule is Cc1nn(C)c(C)c1C(=O)N1CCCC(S(=O)(=O)N2CCc3ccccc32)C1. The zero-order chi connectivity index (χ0) is 20.1. The number of carbonyl (C=O) groups excluding carboxylic acids is 1. The van der Waals surface area contributed by atoms with Gasteiger partial charge in [-0.1, -0.05) is 18.2 Å². The van der Waals surface area contributed by atoms with Gasteiger partial charge in [-0.3, -0.25) is 13.8 Å². The second kappa shape index (κ2) is 6.92. The summed E-state index contributed by atoms with van der Waals surface area (Å²) in [6.45, 7) is 4.97. The Morgan fingerprint density at radius 3 is 2.64 bits per heavy atom. The van der Waals surface area contributed by atoms with Crippen LogP contribution in [0.2, 0.25) is 0 Å². The van der Waals surface area contributed by atoms with E-state index in [-0.39, 0.29) is 12.5 Å². The first-order valence-corrected chi connectivity index (χ1v) is 11.2. The number of nitrogens with zero attached hydrogens (tertiary/aromatic N) is 4. The molecule has 2 aromatic rings. The van der Waals surface area contributed by atoms with Gasteiger partial charge in [0, 0.05) is 32.4 Å². The highest BCUT2D eigenvalue weighted by Gasteiger charge is 2.39. The number of aryl methyl sites for hydroxylation is 2. The van der Waals surface area contributed by atoms with Gasteiger partial charge in [0.15, 0.2) is 0 Å². The topological polar surface area (TPSA) is 75.5 Å². The first-order chi connectivity index (χ1) is 13.3. The van der Waals surface area contributed by atoms with Crippen molar-refractivity contribution in [3.8, 4) is 0 Å². The third kappa shape index (κ3) is 2.99. The van der Waals surface area contributed by atoms with Crippen LogP contribution in [0.1, 0.15) is 40.2 Å². The number of benzene rings is 1. The zero-order valence-corrected chi connectivity index (χ0v) is 17.4. The van der Waals surface area contributed by atoms with Crippen LogP contribution >= 0.6 is 0 Å². The number of fused-ring (bicyclic) bond motifs is 1.